The van der Waals surface area contributed by atoms with E-state index in [-0.39, 0.29) is 12.1 Å². The Balaban J connectivity index is 2.57. The molecule has 4 atom stereocenters. The lowest BCUT2D eigenvalue weighted by Gasteiger charge is -2.41. The Labute approximate surface area is 109 Å². The molecular formula is C13H26N2O3. The Bertz CT molecular complexity index is 294. The van der Waals surface area contributed by atoms with Crippen molar-refractivity contribution in [3.05, 3.63) is 0 Å². The topological polar surface area (TPSA) is 75.8 Å². The van der Waals surface area contributed by atoms with Crippen LogP contribution in [0.15, 0.2) is 0 Å². The van der Waals surface area contributed by atoms with Crippen LogP contribution in [0, 0.1) is 5.92 Å². The van der Waals surface area contributed by atoms with Crippen LogP contribution < -0.4 is 5.73 Å². The zero-order valence-electron chi connectivity index (χ0n) is 11.8. The molecule has 0 radical (unpaired) electrons. The summed E-state index contributed by atoms with van der Waals surface area (Å²) in [6.45, 7) is 7.65. The molecule has 0 bridgehead atoms. The van der Waals surface area contributed by atoms with Crippen molar-refractivity contribution in [2.45, 2.75) is 51.3 Å². The van der Waals surface area contributed by atoms with Gasteiger partial charge < -0.3 is 15.6 Å². The third-order valence-corrected chi connectivity index (χ3v) is 4.05. The number of hydrogen-bond donors (Lipinski definition) is 2. The molecule has 0 spiro atoms. The fourth-order valence-electron chi connectivity index (χ4n) is 2.59. The molecule has 4 unspecified atom stereocenters. The van der Waals surface area contributed by atoms with E-state index in [1.165, 1.54) is 0 Å². The highest BCUT2D eigenvalue weighted by Crippen LogP contribution is 2.23. The minimum atomic E-state index is -1.16. The van der Waals surface area contributed by atoms with Gasteiger partial charge in [-0.3, -0.25) is 9.69 Å². The van der Waals surface area contributed by atoms with E-state index in [0.717, 1.165) is 19.5 Å². The molecule has 0 aromatic rings. The molecule has 5 nitrogen and oxygen atoms in total. The van der Waals surface area contributed by atoms with Gasteiger partial charge in [-0.1, -0.05) is 6.92 Å². The molecule has 1 fully saturated rings. The lowest BCUT2D eigenvalue weighted by molar-refractivity contribution is -0.143. The largest absolute Gasteiger partial charge is 0.480 e. The minimum Gasteiger partial charge on any atom is -0.480 e. The van der Waals surface area contributed by atoms with Crippen LogP contribution in [0.1, 0.15) is 33.6 Å². The van der Waals surface area contributed by atoms with E-state index in [0.29, 0.717) is 12.3 Å². The van der Waals surface area contributed by atoms with E-state index >= 15 is 0 Å². The molecule has 0 amide bonds. The molecule has 1 aliphatic heterocycles. The molecule has 5 heteroatoms. The van der Waals surface area contributed by atoms with Crippen molar-refractivity contribution in [3.8, 4) is 0 Å². The Morgan fingerprint density at radius 1 is 1.67 bits per heavy atom. The van der Waals surface area contributed by atoms with Gasteiger partial charge in [0.05, 0.1) is 6.10 Å². The van der Waals surface area contributed by atoms with Gasteiger partial charge in [0, 0.05) is 19.7 Å². The van der Waals surface area contributed by atoms with E-state index in [1.807, 2.05) is 6.92 Å². The summed E-state index contributed by atoms with van der Waals surface area (Å²) in [7, 11) is 1.74. The molecule has 0 saturated carbocycles. The summed E-state index contributed by atoms with van der Waals surface area (Å²) in [5.41, 5.74) is 4.64. The number of hydrogen-bond acceptors (Lipinski definition) is 4. The Morgan fingerprint density at radius 2 is 2.28 bits per heavy atom. The maximum Gasteiger partial charge on any atom is 0.323 e. The first-order valence-electron chi connectivity index (χ1n) is 6.57. The number of carbonyl (C=O) groups is 1. The quantitative estimate of drug-likeness (QED) is 0.767. The fraction of sp³-hybridized carbons (Fsp3) is 0.923. The van der Waals surface area contributed by atoms with Crippen molar-refractivity contribution in [3.63, 3.8) is 0 Å². The number of aliphatic carboxylic acids is 1. The summed E-state index contributed by atoms with van der Waals surface area (Å²) in [6.07, 6.45) is 1.76. The third kappa shape index (κ3) is 3.67. The van der Waals surface area contributed by atoms with Crippen LogP contribution in [0.5, 0.6) is 0 Å². The first kappa shape index (κ1) is 15.4. The molecule has 1 heterocycles. The van der Waals surface area contributed by atoms with Crippen molar-refractivity contribution < 1.29 is 14.6 Å². The van der Waals surface area contributed by atoms with Gasteiger partial charge in [-0.25, -0.2) is 0 Å². The van der Waals surface area contributed by atoms with Crippen LogP contribution in [0.4, 0.5) is 0 Å². The standard InChI is InChI=1S/C13H26N2O3/c1-9-5-6-15(8-11(9)18-4)10(2)7-13(3,14)12(16)17/h9-11H,5-8,14H2,1-4H3,(H,16,17). The summed E-state index contributed by atoms with van der Waals surface area (Å²) >= 11 is 0. The normalized spacial score (nSPS) is 30.7. The molecule has 3 N–H and O–H groups in total. The van der Waals surface area contributed by atoms with Crippen LogP contribution in [-0.2, 0) is 9.53 Å². The second-order valence-corrected chi connectivity index (χ2v) is 5.81. The maximum atomic E-state index is 11.0. The number of carboxylic acid groups (broad SMARTS) is 1. The highest BCUT2D eigenvalue weighted by molar-refractivity contribution is 5.77. The van der Waals surface area contributed by atoms with Crippen LogP contribution in [0.25, 0.3) is 0 Å². The van der Waals surface area contributed by atoms with Crippen LogP contribution in [-0.4, -0.2) is 53.9 Å². The lowest BCUT2D eigenvalue weighted by Crippen LogP contribution is -2.53. The Morgan fingerprint density at radius 3 is 2.78 bits per heavy atom. The van der Waals surface area contributed by atoms with E-state index in [1.54, 1.807) is 14.0 Å². The molecule has 18 heavy (non-hydrogen) atoms. The number of ether oxygens (including phenoxy) is 1. The van der Waals surface area contributed by atoms with Gasteiger partial charge in [-0.05, 0) is 39.2 Å². The zero-order valence-corrected chi connectivity index (χ0v) is 11.8. The number of likely N-dealkylation sites (tertiary alicyclic amines) is 1. The number of piperidine rings is 1. The van der Waals surface area contributed by atoms with E-state index in [4.69, 9.17) is 15.6 Å². The Hall–Kier alpha value is -0.650. The summed E-state index contributed by atoms with van der Waals surface area (Å²) in [6, 6.07) is 0.154. The SMILES string of the molecule is COC1CN(C(C)CC(C)(N)C(=O)O)CCC1C. The van der Waals surface area contributed by atoms with Crippen LogP contribution in [0.3, 0.4) is 0 Å². The number of nitrogens with zero attached hydrogens (tertiary/aromatic N) is 1. The summed E-state index contributed by atoms with van der Waals surface area (Å²) in [5.74, 6) is -0.384. The highest BCUT2D eigenvalue weighted by Gasteiger charge is 2.34. The van der Waals surface area contributed by atoms with E-state index in [9.17, 15) is 4.79 Å². The number of nitrogens with two attached hydrogens (primary N) is 1. The van der Waals surface area contributed by atoms with Gasteiger partial charge in [0.25, 0.3) is 0 Å². The molecule has 1 aliphatic rings. The molecule has 0 aromatic carbocycles. The molecule has 106 valence electrons. The first-order chi connectivity index (χ1) is 8.27. The number of rotatable bonds is 5. The second-order valence-electron chi connectivity index (χ2n) is 5.81. The van der Waals surface area contributed by atoms with Crippen molar-refractivity contribution in [2.75, 3.05) is 20.2 Å². The average molecular weight is 258 g/mol. The maximum absolute atomic E-state index is 11.0. The van der Waals surface area contributed by atoms with Gasteiger partial charge in [-0.15, -0.1) is 0 Å². The summed E-state index contributed by atoms with van der Waals surface area (Å²) in [4.78, 5) is 13.3. The van der Waals surface area contributed by atoms with Gasteiger partial charge >= 0.3 is 5.97 Å². The average Bonchev–Trinajstić information content (AvgIpc) is 2.28. The van der Waals surface area contributed by atoms with Gasteiger partial charge in [-0.2, -0.15) is 0 Å². The smallest absolute Gasteiger partial charge is 0.323 e. The Kier molecular flexibility index (Phi) is 5.13. The lowest BCUT2D eigenvalue weighted by atomic mass is 9.90. The predicted octanol–water partition coefficient (Wildman–Crippen LogP) is 0.924. The first-order valence-corrected chi connectivity index (χ1v) is 6.57. The van der Waals surface area contributed by atoms with Crippen molar-refractivity contribution in [1.82, 2.24) is 4.90 Å². The van der Waals surface area contributed by atoms with Gasteiger partial charge in [0.2, 0.25) is 0 Å². The number of carboxylic acids is 1. The summed E-state index contributed by atoms with van der Waals surface area (Å²) in [5, 5.41) is 9.06. The minimum absolute atomic E-state index is 0.154. The van der Waals surface area contributed by atoms with Crippen molar-refractivity contribution in [2.24, 2.45) is 11.7 Å². The van der Waals surface area contributed by atoms with Crippen molar-refractivity contribution in [1.29, 1.82) is 0 Å². The number of methoxy groups -OCH3 is 1. The molecule has 1 saturated heterocycles. The van der Waals surface area contributed by atoms with Gasteiger partial charge in [0.15, 0.2) is 0 Å². The van der Waals surface area contributed by atoms with E-state index < -0.39 is 11.5 Å². The van der Waals surface area contributed by atoms with Crippen LogP contribution >= 0.6 is 0 Å². The molecular weight excluding hydrogens is 232 g/mol. The van der Waals surface area contributed by atoms with Crippen molar-refractivity contribution >= 4 is 5.97 Å². The van der Waals surface area contributed by atoms with Crippen LogP contribution in [0.2, 0.25) is 0 Å². The molecule has 1 rings (SSSR count). The monoisotopic (exact) mass is 258 g/mol. The molecule has 0 aliphatic carbocycles. The highest BCUT2D eigenvalue weighted by atomic mass is 16.5. The summed E-state index contributed by atoms with van der Waals surface area (Å²) < 4.78 is 5.47. The second kappa shape index (κ2) is 5.99. The predicted molar refractivity (Wildman–Crippen MR) is 70.5 cm³/mol. The third-order valence-electron chi connectivity index (χ3n) is 4.05. The fourth-order valence-corrected chi connectivity index (χ4v) is 2.59. The van der Waals surface area contributed by atoms with E-state index in [2.05, 4.69) is 11.8 Å². The van der Waals surface area contributed by atoms with Gasteiger partial charge in [0.1, 0.15) is 5.54 Å². The molecule has 0 aromatic heterocycles. The zero-order chi connectivity index (χ0) is 13.9.